The van der Waals surface area contributed by atoms with Gasteiger partial charge in [0.15, 0.2) is 5.96 Å². The summed E-state index contributed by atoms with van der Waals surface area (Å²) in [5.74, 6) is 3.38. The number of guanidine groups is 1. The van der Waals surface area contributed by atoms with Crippen molar-refractivity contribution in [1.82, 2.24) is 25.2 Å². The summed E-state index contributed by atoms with van der Waals surface area (Å²) < 4.78 is 7.97. The Labute approximate surface area is 156 Å². The van der Waals surface area contributed by atoms with Crippen LogP contribution in [0.1, 0.15) is 58.0 Å². The quantitative estimate of drug-likeness (QED) is 0.430. The maximum Gasteiger partial charge on any atom is 0.216 e. The van der Waals surface area contributed by atoms with Gasteiger partial charge in [-0.3, -0.25) is 0 Å². The van der Waals surface area contributed by atoms with Crippen LogP contribution in [0.25, 0.3) is 0 Å². The van der Waals surface area contributed by atoms with Crippen molar-refractivity contribution in [2.24, 2.45) is 4.99 Å². The molecule has 0 fully saturated rings. The number of aryl methyl sites for hydroxylation is 2. The van der Waals surface area contributed by atoms with E-state index in [9.17, 15) is 0 Å². The van der Waals surface area contributed by atoms with Crippen LogP contribution in [0.2, 0.25) is 0 Å². The van der Waals surface area contributed by atoms with Crippen LogP contribution in [0.4, 0.5) is 0 Å². The molecule has 0 aliphatic heterocycles. The molecule has 2 N–H and O–H groups in total. The van der Waals surface area contributed by atoms with Gasteiger partial charge in [0.25, 0.3) is 0 Å². The molecule has 0 aromatic carbocycles. The third-order valence-corrected chi connectivity index (χ3v) is 4.05. The zero-order chi connectivity index (χ0) is 19.0. The van der Waals surface area contributed by atoms with Gasteiger partial charge in [-0.2, -0.15) is 0 Å². The van der Waals surface area contributed by atoms with Crippen molar-refractivity contribution in [3.63, 3.8) is 0 Å². The Hall–Kier alpha value is -2.31. The summed E-state index contributed by atoms with van der Waals surface area (Å²) in [6, 6.07) is 0. The second-order valence-electron chi connectivity index (χ2n) is 7.37. The van der Waals surface area contributed by atoms with Crippen molar-refractivity contribution in [2.45, 2.75) is 66.0 Å². The third-order valence-electron chi connectivity index (χ3n) is 4.05. The van der Waals surface area contributed by atoms with Crippen LogP contribution in [0.3, 0.4) is 0 Å². The molecule has 0 aliphatic carbocycles. The molecule has 0 amide bonds. The Morgan fingerprint density at radius 3 is 2.65 bits per heavy atom. The number of nitrogens with zero attached hydrogens (tertiary/aromatic N) is 4. The minimum absolute atomic E-state index is 0.0364. The lowest BCUT2D eigenvalue weighted by atomic mass is 9.94. The first-order valence-electron chi connectivity index (χ1n) is 9.35. The Kier molecular flexibility index (Phi) is 7.24. The van der Waals surface area contributed by atoms with Gasteiger partial charge in [-0.25, -0.2) is 15.0 Å². The van der Waals surface area contributed by atoms with Gasteiger partial charge in [-0.1, -0.05) is 20.8 Å². The Morgan fingerprint density at radius 1 is 1.23 bits per heavy atom. The fourth-order valence-electron chi connectivity index (χ4n) is 2.47. The molecule has 2 aromatic heterocycles. The predicted octanol–water partition coefficient (Wildman–Crippen LogP) is 3.01. The average Bonchev–Trinajstić information content (AvgIpc) is 3.21. The van der Waals surface area contributed by atoms with Gasteiger partial charge in [0.2, 0.25) is 5.89 Å². The van der Waals surface area contributed by atoms with Gasteiger partial charge in [-0.15, -0.1) is 0 Å². The number of hydrogen-bond donors (Lipinski definition) is 2. The number of hydrogen-bond acceptors (Lipinski definition) is 4. The number of aliphatic imine (C=N–C) groups is 1. The number of nitrogens with one attached hydrogen (secondary N) is 2. The highest BCUT2D eigenvalue weighted by molar-refractivity contribution is 5.79. The molecule has 2 rings (SSSR count). The zero-order valence-corrected chi connectivity index (χ0v) is 16.7. The van der Waals surface area contributed by atoms with Crippen LogP contribution in [0, 0.1) is 6.92 Å². The smallest absolute Gasteiger partial charge is 0.216 e. The molecule has 7 heteroatoms. The van der Waals surface area contributed by atoms with E-state index in [0.29, 0.717) is 12.4 Å². The molecule has 0 saturated carbocycles. The number of unbranched alkanes of at least 4 members (excludes halogenated alkanes) is 1. The molecule has 7 nitrogen and oxygen atoms in total. The van der Waals surface area contributed by atoms with Gasteiger partial charge < -0.3 is 19.6 Å². The van der Waals surface area contributed by atoms with Crippen LogP contribution in [0.15, 0.2) is 28.0 Å². The maximum atomic E-state index is 5.79. The van der Waals surface area contributed by atoms with E-state index in [1.807, 2.05) is 19.3 Å². The molecule has 2 heterocycles. The van der Waals surface area contributed by atoms with Gasteiger partial charge >= 0.3 is 0 Å². The molecule has 0 atom stereocenters. The number of imidazole rings is 1. The summed E-state index contributed by atoms with van der Waals surface area (Å²) in [6.07, 6.45) is 7.82. The summed E-state index contributed by atoms with van der Waals surface area (Å²) in [5.41, 5.74) is -0.0364. The lowest BCUT2D eigenvalue weighted by Gasteiger charge is -2.13. The molecule has 0 spiro atoms. The molecule has 0 saturated heterocycles. The summed E-state index contributed by atoms with van der Waals surface area (Å²) in [7, 11) is 0. The summed E-state index contributed by atoms with van der Waals surface area (Å²) in [4.78, 5) is 13.1. The highest BCUT2D eigenvalue weighted by Gasteiger charge is 2.18. The van der Waals surface area contributed by atoms with E-state index >= 15 is 0 Å². The van der Waals surface area contributed by atoms with Crippen LogP contribution < -0.4 is 10.6 Å². The van der Waals surface area contributed by atoms with Gasteiger partial charge in [0.05, 0.1) is 6.20 Å². The van der Waals surface area contributed by atoms with Crippen molar-refractivity contribution in [3.05, 3.63) is 36.1 Å². The predicted molar refractivity (Wildman–Crippen MR) is 104 cm³/mol. The van der Waals surface area contributed by atoms with Crippen molar-refractivity contribution in [3.8, 4) is 0 Å². The zero-order valence-electron chi connectivity index (χ0n) is 16.7. The topological polar surface area (TPSA) is 80.3 Å². The first-order valence-corrected chi connectivity index (χ1v) is 9.35. The number of oxazole rings is 1. The molecule has 0 aliphatic rings. The van der Waals surface area contributed by atoms with Crippen molar-refractivity contribution in [2.75, 3.05) is 13.1 Å². The first-order chi connectivity index (χ1) is 12.4. The number of rotatable bonds is 8. The summed E-state index contributed by atoms with van der Waals surface area (Å²) >= 11 is 0. The number of aromatic nitrogens is 3. The van der Waals surface area contributed by atoms with E-state index < -0.39 is 0 Å². The normalized spacial score (nSPS) is 12.4. The largest absolute Gasteiger partial charge is 0.443 e. The van der Waals surface area contributed by atoms with Gasteiger partial charge in [0, 0.05) is 37.4 Å². The van der Waals surface area contributed by atoms with Crippen LogP contribution >= 0.6 is 0 Å². The summed E-state index contributed by atoms with van der Waals surface area (Å²) in [5, 5.41) is 6.62. The van der Waals surface area contributed by atoms with E-state index in [-0.39, 0.29) is 5.41 Å². The van der Waals surface area contributed by atoms with Crippen LogP contribution in [0.5, 0.6) is 0 Å². The minimum atomic E-state index is -0.0364. The maximum absolute atomic E-state index is 5.79. The highest BCUT2D eigenvalue weighted by Crippen LogP contribution is 2.22. The molecular weight excluding hydrogens is 328 g/mol. The highest BCUT2D eigenvalue weighted by atomic mass is 16.4. The van der Waals surface area contributed by atoms with Crippen LogP contribution in [-0.4, -0.2) is 33.6 Å². The van der Waals surface area contributed by atoms with E-state index in [4.69, 9.17) is 4.42 Å². The van der Waals surface area contributed by atoms with Gasteiger partial charge in [-0.05, 0) is 26.7 Å². The molecule has 144 valence electrons. The van der Waals surface area contributed by atoms with E-state index in [2.05, 4.69) is 57.9 Å². The molecular formula is C19H32N6O. The van der Waals surface area contributed by atoms with Crippen molar-refractivity contribution >= 4 is 5.96 Å². The lowest BCUT2D eigenvalue weighted by molar-refractivity contribution is 0.383. The molecule has 0 radical (unpaired) electrons. The molecule has 26 heavy (non-hydrogen) atoms. The Morgan fingerprint density at radius 2 is 2.04 bits per heavy atom. The third kappa shape index (κ3) is 6.20. The lowest BCUT2D eigenvalue weighted by Crippen LogP contribution is -2.37. The second-order valence-corrected chi connectivity index (χ2v) is 7.37. The van der Waals surface area contributed by atoms with E-state index in [0.717, 1.165) is 50.0 Å². The fourth-order valence-corrected chi connectivity index (χ4v) is 2.47. The Balaban J connectivity index is 1.77. The average molecular weight is 361 g/mol. The molecule has 0 bridgehead atoms. The van der Waals surface area contributed by atoms with E-state index in [1.54, 1.807) is 6.20 Å². The minimum Gasteiger partial charge on any atom is -0.443 e. The molecule has 0 unspecified atom stereocenters. The molecule has 2 aromatic rings. The van der Waals surface area contributed by atoms with Crippen LogP contribution in [-0.2, 0) is 18.5 Å². The SMILES string of the molecule is CCNC(=NCc1ncc(C(C)(C)C)o1)NCCCCn1ccnc1C. The second kappa shape index (κ2) is 9.40. The van der Waals surface area contributed by atoms with Crippen molar-refractivity contribution < 1.29 is 4.42 Å². The summed E-state index contributed by atoms with van der Waals surface area (Å²) in [6.45, 7) is 13.5. The monoisotopic (exact) mass is 360 g/mol. The Bertz CT molecular complexity index is 695. The first kappa shape index (κ1) is 20.0. The standard InChI is InChI=1S/C19H32N6O/c1-6-20-18(22-9-7-8-11-25-12-10-21-15(25)2)24-14-17-23-13-16(26-17)19(3,4)5/h10,12-13H,6-9,11,14H2,1-5H3,(H2,20,22,24). The van der Waals surface area contributed by atoms with E-state index in [1.165, 1.54) is 0 Å². The van der Waals surface area contributed by atoms with Gasteiger partial charge in [0.1, 0.15) is 18.1 Å². The van der Waals surface area contributed by atoms with Crippen molar-refractivity contribution in [1.29, 1.82) is 0 Å². The fraction of sp³-hybridized carbons (Fsp3) is 0.632.